The summed E-state index contributed by atoms with van der Waals surface area (Å²) in [6.45, 7) is 1.96. The molecule has 2 rings (SSSR count). The molecule has 128 valence electrons. The Bertz CT molecular complexity index is 909. The van der Waals surface area contributed by atoms with Gasteiger partial charge in [0.2, 0.25) is 11.8 Å². The highest BCUT2D eigenvalue weighted by atomic mass is 16.3. The van der Waals surface area contributed by atoms with E-state index in [-0.39, 0.29) is 5.69 Å². The predicted octanol–water partition coefficient (Wildman–Crippen LogP) is 0.759. The fourth-order valence-electron chi connectivity index (χ4n) is 2.11. The standard InChI is InChI=1S/C16H21N5O3/c1-10-7-6-8-11(9-10)17-15(19(2)3)18-12-13(22)20(4)16(24)21(5)14(12)23/h6-9,22H,1-5H3,(H,17,18). The van der Waals surface area contributed by atoms with E-state index in [4.69, 9.17) is 0 Å². The Morgan fingerprint density at radius 1 is 1.21 bits per heavy atom. The van der Waals surface area contributed by atoms with Crippen molar-refractivity contribution in [3.63, 3.8) is 0 Å². The molecule has 0 fully saturated rings. The number of hydrogen-bond acceptors (Lipinski definition) is 4. The van der Waals surface area contributed by atoms with E-state index in [0.717, 1.165) is 20.4 Å². The lowest BCUT2D eigenvalue weighted by molar-refractivity contribution is 0.414. The molecule has 0 aliphatic rings. The zero-order valence-corrected chi connectivity index (χ0v) is 14.4. The summed E-state index contributed by atoms with van der Waals surface area (Å²) >= 11 is 0. The Labute approximate surface area is 139 Å². The van der Waals surface area contributed by atoms with E-state index in [1.807, 2.05) is 31.2 Å². The molecular weight excluding hydrogens is 310 g/mol. The summed E-state index contributed by atoms with van der Waals surface area (Å²) < 4.78 is 1.87. The van der Waals surface area contributed by atoms with Gasteiger partial charge in [0.05, 0.1) is 0 Å². The minimum atomic E-state index is -0.666. The average Bonchev–Trinajstić information content (AvgIpc) is 2.54. The summed E-state index contributed by atoms with van der Waals surface area (Å²) in [5, 5.41) is 13.2. The Hall–Kier alpha value is -3.03. The molecule has 0 atom stereocenters. The molecule has 1 aromatic heterocycles. The van der Waals surface area contributed by atoms with Crippen molar-refractivity contribution < 1.29 is 5.11 Å². The molecule has 0 radical (unpaired) electrons. The second-order valence-electron chi connectivity index (χ2n) is 5.70. The van der Waals surface area contributed by atoms with Crippen molar-refractivity contribution in [2.75, 3.05) is 19.4 Å². The third kappa shape index (κ3) is 3.32. The monoisotopic (exact) mass is 331 g/mol. The third-order valence-corrected chi connectivity index (χ3v) is 3.53. The van der Waals surface area contributed by atoms with E-state index in [9.17, 15) is 14.7 Å². The normalized spacial score (nSPS) is 11.5. The first-order valence-electron chi connectivity index (χ1n) is 7.31. The van der Waals surface area contributed by atoms with Crippen molar-refractivity contribution in [2.45, 2.75) is 6.92 Å². The highest BCUT2D eigenvalue weighted by Crippen LogP contribution is 2.19. The van der Waals surface area contributed by atoms with Crippen LogP contribution in [0.1, 0.15) is 5.56 Å². The molecule has 2 N–H and O–H groups in total. The van der Waals surface area contributed by atoms with Crippen LogP contribution in [0, 0.1) is 6.92 Å². The largest absolute Gasteiger partial charge is 0.493 e. The van der Waals surface area contributed by atoms with Crippen LogP contribution in [0.25, 0.3) is 0 Å². The van der Waals surface area contributed by atoms with Gasteiger partial charge >= 0.3 is 5.69 Å². The first kappa shape index (κ1) is 17.3. The maximum Gasteiger partial charge on any atom is 0.333 e. The smallest absolute Gasteiger partial charge is 0.333 e. The van der Waals surface area contributed by atoms with Gasteiger partial charge < -0.3 is 15.3 Å². The molecule has 0 spiro atoms. The maximum atomic E-state index is 12.3. The van der Waals surface area contributed by atoms with Gasteiger partial charge in [-0.05, 0) is 24.6 Å². The number of nitrogens with zero attached hydrogens (tertiary/aromatic N) is 4. The number of hydrogen-bond donors (Lipinski definition) is 2. The summed E-state index contributed by atoms with van der Waals surface area (Å²) in [5.74, 6) is -0.125. The number of guanidine groups is 1. The van der Waals surface area contributed by atoms with Gasteiger partial charge in [0.25, 0.3) is 5.56 Å². The highest BCUT2D eigenvalue weighted by molar-refractivity contribution is 5.95. The summed E-state index contributed by atoms with van der Waals surface area (Å²) in [6.07, 6.45) is 0. The molecule has 0 amide bonds. The van der Waals surface area contributed by atoms with E-state index < -0.39 is 17.1 Å². The van der Waals surface area contributed by atoms with Gasteiger partial charge in [-0.15, -0.1) is 0 Å². The van der Waals surface area contributed by atoms with Crippen LogP contribution in [0.4, 0.5) is 11.4 Å². The maximum absolute atomic E-state index is 12.3. The first-order chi connectivity index (χ1) is 11.2. The van der Waals surface area contributed by atoms with E-state index in [1.54, 1.807) is 19.0 Å². The molecule has 0 unspecified atom stereocenters. The van der Waals surface area contributed by atoms with Crippen LogP contribution in [0.5, 0.6) is 5.88 Å². The third-order valence-electron chi connectivity index (χ3n) is 3.53. The van der Waals surface area contributed by atoms with E-state index in [2.05, 4.69) is 10.3 Å². The van der Waals surface area contributed by atoms with Crippen LogP contribution >= 0.6 is 0 Å². The Kier molecular flexibility index (Phi) is 4.77. The quantitative estimate of drug-likeness (QED) is 0.626. The van der Waals surface area contributed by atoms with E-state index >= 15 is 0 Å². The lowest BCUT2D eigenvalue weighted by atomic mass is 10.2. The number of rotatable bonds is 2. The van der Waals surface area contributed by atoms with Gasteiger partial charge in [-0.2, -0.15) is 0 Å². The molecule has 0 aliphatic heterocycles. The molecule has 0 saturated heterocycles. The van der Waals surface area contributed by atoms with Crippen molar-refractivity contribution in [3.8, 4) is 5.88 Å². The van der Waals surface area contributed by atoms with Gasteiger partial charge in [-0.25, -0.2) is 9.79 Å². The molecule has 1 aromatic carbocycles. The predicted molar refractivity (Wildman–Crippen MR) is 94.2 cm³/mol. The minimum absolute atomic E-state index is 0.205. The zero-order valence-electron chi connectivity index (χ0n) is 14.4. The van der Waals surface area contributed by atoms with Crippen molar-refractivity contribution in [1.82, 2.24) is 14.0 Å². The molecule has 8 heteroatoms. The summed E-state index contributed by atoms with van der Waals surface area (Å²) in [4.78, 5) is 30.0. The number of aryl methyl sites for hydroxylation is 1. The van der Waals surface area contributed by atoms with Gasteiger partial charge in [-0.3, -0.25) is 13.9 Å². The summed E-state index contributed by atoms with van der Waals surface area (Å²) in [6, 6.07) is 7.66. The molecule has 0 bridgehead atoms. The zero-order chi connectivity index (χ0) is 18.0. The second-order valence-corrected chi connectivity index (χ2v) is 5.70. The molecule has 2 aromatic rings. The number of anilines is 1. The van der Waals surface area contributed by atoms with Crippen LogP contribution in [-0.2, 0) is 14.1 Å². The number of aromatic nitrogens is 2. The molecule has 8 nitrogen and oxygen atoms in total. The van der Waals surface area contributed by atoms with Crippen molar-refractivity contribution in [3.05, 3.63) is 50.7 Å². The van der Waals surface area contributed by atoms with Crippen LogP contribution in [0.2, 0.25) is 0 Å². The molecule has 1 heterocycles. The minimum Gasteiger partial charge on any atom is -0.493 e. The van der Waals surface area contributed by atoms with Crippen molar-refractivity contribution >= 4 is 17.3 Å². The average molecular weight is 331 g/mol. The van der Waals surface area contributed by atoms with Crippen LogP contribution in [0.3, 0.4) is 0 Å². The lowest BCUT2D eigenvalue weighted by Crippen LogP contribution is -2.37. The molecule has 24 heavy (non-hydrogen) atoms. The molecule has 0 saturated carbocycles. The fraction of sp³-hybridized carbons (Fsp3) is 0.312. The topological polar surface area (TPSA) is 91.9 Å². The highest BCUT2D eigenvalue weighted by Gasteiger charge is 2.16. The SMILES string of the molecule is Cc1cccc(NC(=Nc2c(O)n(C)c(=O)n(C)c2=O)N(C)C)c1. The summed E-state index contributed by atoms with van der Waals surface area (Å²) in [7, 11) is 6.22. The van der Waals surface area contributed by atoms with Crippen LogP contribution < -0.4 is 16.6 Å². The molecular formula is C16H21N5O3. The Morgan fingerprint density at radius 2 is 1.88 bits per heavy atom. The fourth-order valence-corrected chi connectivity index (χ4v) is 2.11. The van der Waals surface area contributed by atoms with Gasteiger partial charge in [-0.1, -0.05) is 12.1 Å². The van der Waals surface area contributed by atoms with Crippen LogP contribution in [-0.4, -0.2) is 39.2 Å². The second kappa shape index (κ2) is 6.61. The number of benzene rings is 1. The van der Waals surface area contributed by atoms with E-state index in [0.29, 0.717) is 5.96 Å². The van der Waals surface area contributed by atoms with Gasteiger partial charge in [0.15, 0.2) is 5.69 Å². The van der Waals surface area contributed by atoms with E-state index in [1.165, 1.54) is 14.1 Å². The lowest BCUT2D eigenvalue weighted by Gasteiger charge is -2.18. The first-order valence-corrected chi connectivity index (χ1v) is 7.31. The molecule has 0 aliphatic carbocycles. The van der Waals surface area contributed by atoms with Crippen LogP contribution in [0.15, 0.2) is 38.8 Å². The Balaban J connectivity index is 2.57. The van der Waals surface area contributed by atoms with Crippen molar-refractivity contribution in [1.29, 1.82) is 0 Å². The van der Waals surface area contributed by atoms with Gasteiger partial charge in [0.1, 0.15) is 0 Å². The van der Waals surface area contributed by atoms with Gasteiger partial charge in [0, 0.05) is 33.9 Å². The summed E-state index contributed by atoms with van der Waals surface area (Å²) in [5.41, 5.74) is 0.376. The Morgan fingerprint density at radius 3 is 2.46 bits per heavy atom. The number of nitrogens with one attached hydrogen (secondary N) is 1. The number of aromatic hydroxyl groups is 1. The number of aliphatic imine (C=N–C) groups is 1. The van der Waals surface area contributed by atoms with Crippen molar-refractivity contribution in [2.24, 2.45) is 19.1 Å².